The summed E-state index contributed by atoms with van der Waals surface area (Å²) in [7, 11) is 1.78. The van der Waals surface area contributed by atoms with Crippen LogP contribution in [-0.2, 0) is 13.0 Å². The van der Waals surface area contributed by atoms with Gasteiger partial charge in [-0.3, -0.25) is 0 Å². The van der Waals surface area contributed by atoms with E-state index in [1.807, 2.05) is 54.8 Å². The molecule has 2 aromatic carbocycles. The summed E-state index contributed by atoms with van der Waals surface area (Å²) in [5, 5.41) is 6.02. The van der Waals surface area contributed by atoms with Gasteiger partial charge in [0.25, 0.3) is 0 Å². The molecule has 0 saturated carbocycles. The standard InChI is InChI=1S/C20H21N3OS/c1-15-21-18(14-25-15)13-23(2)20(24)22-19-11-7-6-10-17(19)12-16-8-4-3-5-9-16/h3-11,14H,12-13H2,1-2H3,(H,22,24). The van der Waals surface area contributed by atoms with E-state index in [0.717, 1.165) is 28.4 Å². The lowest BCUT2D eigenvalue weighted by molar-refractivity contribution is 0.220. The Balaban J connectivity index is 1.68. The molecular weight excluding hydrogens is 330 g/mol. The van der Waals surface area contributed by atoms with E-state index in [1.54, 1.807) is 23.3 Å². The monoisotopic (exact) mass is 351 g/mol. The fourth-order valence-corrected chi connectivity index (χ4v) is 3.22. The van der Waals surface area contributed by atoms with E-state index in [1.165, 1.54) is 5.56 Å². The number of amides is 2. The van der Waals surface area contributed by atoms with Crippen LogP contribution in [0.25, 0.3) is 0 Å². The van der Waals surface area contributed by atoms with Gasteiger partial charge in [0, 0.05) is 18.1 Å². The molecule has 0 aliphatic carbocycles. The Bertz CT molecular complexity index is 845. The van der Waals surface area contributed by atoms with E-state index < -0.39 is 0 Å². The van der Waals surface area contributed by atoms with Gasteiger partial charge in [-0.2, -0.15) is 0 Å². The lowest BCUT2D eigenvalue weighted by Gasteiger charge is -2.18. The first-order valence-electron chi connectivity index (χ1n) is 8.17. The average Bonchev–Trinajstić information content (AvgIpc) is 3.02. The molecule has 0 spiro atoms. The van der Waals surface area contributed by atoms with Crippen molar-refractivity contribution in [3.05, 3.63) is 81.8 Å². The Morgan fingerprint density at radius 2 is 1.84 bits per heavy atom. The van der Waals surface area contributed by atoms with Crippen molar-refractivity contribution in [3.63, 3.8) is 0 Å². The zero-order valence-electron chi connectivity index (χ0n) is 14.4. The number of hydrogen-bond acceptors (Lipinski definition) is 3. The fourth-order valence-electron chi connectivity index (χ4n) is 2.62. The number of urea groups is 1. The molecule has 25 heavy (non-hydrogen) atoms. The minimum Gasteiger partial charge on any atom is -0.322 e. The minimum atomic E-state index is -0.133. The summed E-state index contributed by atoms with van der Waals surface area (Å²) >= 11 is 1.60. The molecule has 0 fully saturated rings. The van der Waals surface area contributed by atoms with Crippen LogP contribution in [0.3, 0.4) is 0 Å². The number of rotatable bonds is 5. The SMILES string of the molecule is Cc1nc(CN(C)C(=O)Nc2ccccc2Cc2ccccc2)cs1. The van der Waals surface area contributed by atoms with E-state index in [0.29, 0.717) is 6.54 Å². The van der Waals surface area contributed by atoms with Gasteiger partial charge < -0.3 is 10.2 Å². The molecule has 1 aromatic heterocycles. The van der Waals surface area contributed by atoms with Gasteiger partial charge in [0.1, 0.15) is 0 Å². The van der Waals surface area contributed by atoms with Crippen molar-refractivity contribution in [3.8, 4) is 0 Å². The Kier molecular flexibility index (Phi) is 5.46. The predicted molar refractivity (Wildman–Crippen MR) is 103 cm³/mol. The van der Waals surface area contributed by atoms with Crippen LogP contribution in [0.5, 0.6) is 0 Å². The van der Waals surface area contributed by atoms with Gasteiger partial charge in [-0.25, -0.2) is 9.78 Å². The van der Waals surface area contributed by atoms with Crippen LogP contribution in [0.1, 0.15) is 21.8 Å². The summed E-state index contributed by atoms with van der Waals surface area (Å²) in [5.74, 6) is 0. The summed E-state index contributed by atoms with van der Waals surface area (Å²) in [6, 6.07) is 18.0. The third-order valence-electron chi connectivity index (χ3n) is 3.91. The Morgan fingerprint density at radius 1 is 1.12 bits per heavy atom. The van der Waals surface area contributed by atoms with Crippen LogP contribution in [0, 0.1) is 6.92 Å². The van der Waals surface area contributed by atoms with E-state index >= 15 is 0 Å². The topological polar surface area (TPSA) is 45.2 Å². The predicted octanol–water partition coefficient (Wildman–Crippen LogP) is 4.71. The quantitative estimate of drug-likeness (QED) is 0.724. The Hall–Kier alpha value is -2.66. The number of anilines is 1. The Labute approximate surface area is 152 Å². The highest BCUT2D eigenvalue weighted by Gasteiger charge is 2.13. The van der Waals surface area contributed by atoms with Crippen molar-refractivity contribution in [2.75, 3.05) is 12.4 Å². The molecule has 128 valence electrons. The van der Waals surface area contributed by atoms with Gasteiger partial charge in [-0.05, 0) is 30.5 Å². The first-order valence-corrected chi connectivity index (χ1v) is 9.05. The summed E-state index contributed by atoms with van der Waals surface area (Å²) in [6.07, 6.45) is 0.784. The van der Waals surface area contributed by atoms with E-state index in [-0.39, 0.29) is 6.03 Å². The highest BCUT2D eigenvalue weighted by atomic mass is 32.1. The number of carbonyl (C=O) groups is 1. The molecule has 1 heterocycles. The second-order valence-corrected chi connectivity index (χ2v) is 7.03. The third kappa shape index (κ3) is 4.67. The van der Waals surface area contributed by atoms with Crippen LogP contribution in [0.4, 0.5) is 10.5 Å². The van der Waals surface area contributed by atoms with Gasteiger partial charge >= 0.3 is 6.03 Å². The normalized spacial score (nSPS) is 10.5. The van der Waals surface area contributed by atoms with Crippen LogP contribution >= 0.6 is 11.3 Å². The maximum Gasteiger partial charge on any atom is 0.321 e. The number of aromatic nitrogens is 1. The highest BCUT2D eigenvalue weighted by Crippen LogP contribution is 2.20. The average molecular weight is 351 g/mol. The number of hydrogen-bond donors (Lipinski definition) is 1. The van der Waals surface area contributed by atoms with Crippen molar-refractivity contribution in [2.24, 2.45) is 0 Å². The van der Waals surface area contributed by atoms with Gasteiger partial charge in [0.2, 0.25) is 0 Å². The minimum absolute atomic E-state index is 0.133. The first kappa shape index (κ1) is 17.2. The van der Waals surface area contributed by atoms with Crippen LogP contribution in [0.15, 0.2) is 60.0 Å². The lowest BCUT2D eigenvalue weighted by atomic mass is 10.0. The molecule has 0 aliphatic rings. The maximum atomic E-state index is 12.5. The number of para-hydroxylation sites is 1. The fraction of sp³-hybridized carbons (Fsp3) is 0.200. The van der Waals surface area contributed by atoms with E-state index in [4.69, 9.17) is 0 Å². The zero-order chi connectivity index (χ0) is 17.6. The molecule has 0 bridgehead atoms. The molecule has 3 aromatic rings. The number of nitrogens with zero attached hydrogens (tertiary/aromatic N) is 2. The number of thiazole rings is 1. The lowest BCUT2D eigenvalue weighted by Crippen LogP contribution is -2.31. The zero-order valence-corrected chi connectivity index (χ0v) is 15.2. The summed E-state index contributed by atoms with van der Waals surface area (Å²) in [5.41, 5.74) is 4.07. The van der Waals surface area contributed by atoms with Crippen molar-refractivity contribution in [2.45, 2.75) is 19.9 Å². The second kappa shape index (κ2) is 7.94. The highest BCUT2D eigenvalue weighted by molar-refractivity contribution is 7.09. The number of aryl methyl sites for hydroxylation is 1. The molecule has 0 aliphatic heterocycles. The summed E-state index contributed by atoms with van der Waals surface area (Å²) in [4.78, 5) is 18.6. The smallest absolute Gasteiger partial charge is 0.321 e. The van der Waals surface area contributed by atoms with Gasteiger partial charge in [0.15, 0.2) is 0 Å². The second-order valence-electron chi connectivity index (χ2n) is 5.96. The molecule has 1 N–H and O–H groups in total. The molecule has 0 saturated heterocycles. The van der Waals surface area contributed by atoms with Gasteiger partial charge in [-0.1, -0.05) is 48.5 Å². The molecule has 5 heteroatoms. The molecular formula is C20H21N3OS. The first-order chi connectivity index (χ1) is 12.1. The van der Waals surface area contributed by atoms with Crippen LogP contribution in [-0.4, -0.2) is 23.0 Å². The number of carbonyl (C=O) groups excluding carboxylic acids is 1. The van der Waals surface area contributed by atoms with Crippen LogP contribution < -0.4 is 5.32 Å². The number of benzene rings is 2. The Morgan fingerprint density at radius 3 is 2.56 bits per heavy atom. The van der Waals surface area contributed by atoms with E-state index in [2.05, 4.69) is 22.4 Å². The molecule has 0 unspecified atom stereocenters. The molecule has 0 radical (unpaired) electrons. The van der Waals surface area contributed by atoms with Crippen molar-refractivity contribution < 1.29 is 4.79 Å². The molecule has 0 atom stereocenters. The van der Waals surface area contributed by atoms with Crippen molar-refractivity contribution >= 4 is 23.1 Å². The number of nitrogens with one attached hydrogen (secondary N) is 1. The van der Waals surface area contributed by atoms with Crippen LogP contribution in [0.2, 0.25) is 0 Å². The van der Waals surface area contributed by atoms with Crippen molar-refractivity contribution in [1.29, 1.82) is 0 Å². The largest absolute Gasteiger partial charge is 0.322 e. The van der Waals surface area contributed by atoms with E-state index in [9.17, 15) is 4.79 Å². The third-order valence-corrected chi connectivity index (χ3v) is 4.73. The molecule has 3 rings (SSSR count). The van der Waals surface area contributed by atoms with Crippen molar-refractivity contribution in [1.82, 2.24) is 9.88 Å². The van der Waals surface area contributed by atoms with Gasteiger partial charge in [0.05, 0.1) is 17.2 Å². The maximum absolute atomic E-state index is 12.5. The molecule has 2 amide bonds. The summed E-state index contributed by atoms with van der Waals surface area (Å²) in [6.45, 7) is 2.46. The molecule has 4 nitrogen and oxygen atoms in total. The van der Waals surface area contributed by atoms with Gasteiger partial charge in [-0.15, -0.1) is 11.3 Å². The summed E-state index contributed by atoms with van der Waals surface area (Å²) < 4.78 is 0.